The van der Waals surface area contributed by atoms with Gasteiger partial charge in [0.1, 0.15) is 0 Å². The van der Waals surface area contributed by atoms with Crippen LogP contribution >= 0.6 is 11.6 Å². The molecule has 6 nitrogen and oxygen atoms in total. The van der Waals surface area contributed by atoms with Crippen LogP contribution in [0.15, 0.2) is 29.2 Å². The zero-order chi connectivity index (χ0) is 19.3. The average molecular weight is 399 g/mol. The Bertz CT molecular complexity index is 975. The maximum absolute atomic E-state index is 12.8. The molecule has 0 radical (unpaired) electrons. The summed E-state index contributed by atoms with van der Waals surface area (Å²) in [6.07, 6.45) is -1.07. The molecule has 10 heteroatoms. The summed E-state index contributed by atoms with van der Waals surface area (Å²) < 4.78 is 38.4. The Morgan fingerprint density at radius 2 is 2.11 bits per heavy atom. The molecule has 1 aromatic heterocycles. The van der Waals surface area contributed by atoms with Crippen LogP contribution in [0.1, 0.15) is 35.7 Å². The van der Waals surface area contributed by atoms with E-state index in [0.29, 0.717) is 6.42 Å². The van der Waals surface area contributed by atoms with Gasteiger partial charge in [0.25, 0.3) is 0 Å². The smallest absolute Gasteiger partial charge is 0.314 e. The van der Waals surface area contributed by atoms with Crippen LogP contribution in [0.25, 0.3) is 0 Å². The Morgan fingerprint density at radius 3 is 2.81 bits per heavy atom. The monoisotopic (exact) mass is 398 g/mol. The van der Waals surface area contributed by atoms with Gasteiger partial charge in [0, 0.05) is 35.6 Å². The number of carbonyl (C=O) groups is 1. The van der Waals surface area contributed by atoms with Gasteiger partial charge < -0.3 is 15.2 Å². The number of rotatable bonds is 1. The molecule has 1 fully saturated rings. The number of amides is 2. The number of alkyl halides is 3. The third-order valence-electron chi connectivity index (χ3n) is 4.99. The predicted octanol–water partition coefficient (Wildman–Crippen LogP) is 3.74. The second-order valence-corrected chi connectivity index (χ2v) is 7.01. The molecular formula is C17H14ClF3N4O2. The van der Waals surface area contributed by atoms with Crippen LogP contribution in [0.3, 0.4) is 0 Å². The zero-order valence-corrected chi connectivity index (χ0v) is 14.6. The highest BCUT2D eigenvalue weighted by Crippen LogP contribution is 2.43. The highest BCUT2D eigenvalue weighted by Gasteiger charge is 2.43. The summed E-state index contributed by atoms with van der Waals surface area (Å²) in [5, 5.41) is 2.14. The van der Waals surface area contributed by atoms with Crippen molar-refractivity contribution in [2.75, 3.05) is 5.32 Å². The summed E-state index contributed by atoms with van der Waals surface area (Å²) in [4.78, 5) is 32.3. The topological polar surface area (TPSA) is 78.1 Å². The molecule has 2 aliphatic rings. The Morgan fingerprint density at radius 1 is 1.33 bits per heavy atom. The summed E-state index contributed by atoms with van der Waals surface area (Å²) in [5.74, 6) is 0. The number of carbonyl (C=O) groups excluding carboxylic acids is 1. The van der Waals surface area contributed by atoms with Gasteiger partial charge in [0.2, 0.25) is 0 Å². The Labute approximate surface area is 156 Å². The summed E-state index contributed by atoms with van der Waals surface area (Å²) in [6.45, 7) is 0. The number of hydrogen-bond donors (Lipinski definition) is 2. The molecule has 2 atom stereocenters. The number of aromatic nitrogens is 2. The van der Waals surface area contributed by atoms with E-state index in [4.69, 9.17) is 11.6 Å². The first-order valence-corrected chi connectivity index (χ1v) is 8.66. The highest BCUT2D eigenvalue weighted by atomic mass is 35.5. The molecular weight excluding hydrogens is 385 g/mol. The molecule has 2 aromatic rings. The fourth-order valence-electron chi connectivity index (χ4n) is 3.84. The van der Waals surface area contributed by atoms with Crippen molar-refractivity contribution in [3.05, 3.63) is 56.7 Å². The van der Waals surface area contributed by atoms with E-state index in [1.165, 1.54) is 12.3 Å². The summed E-state index contributed by atoms with van der Waals surface area (Å²) in [5.41, 5.74) is 0.380. The lowest BCUT2D eigenvalue weighted by molar-refractivity contribution is -0.137. The number of H-pyrrole nitrogens is 1. The van der Waals surface area contributed by atoms with E-state index in [-0.39, 0.29) is 17.8 Å². The number of hydrogen-bond acceptors (Lipinski definition) is 3. The molecule has 3 heterocycles. The normalized spacial score (nSPS) is 21.1. The second kappa shape index (κ2) is 6.26. The Kier molecular flexibility index (Phi) is 4.14. The van der Waals surface area contributed by atoms with Gasteiger partial charge >= 0.3 is 17.9 Å². The number of anilines is 1. The first-order chi connectivity index (χ1) is 12.7. The third-order valence-corrected chi connectivity index (χ3v) is 5.30. The molecule has 0 unspecified atom stereocenters. The first kappa shape index (κ1) is 17.8. The Hall–Kier alpha value is -2.55. The molecule has 2 bridgehead atoms. The summed E-state index contributed by atoms with van der Waals surface area (Å²) in [6, 6.07) is 2.35. The molecule has 142 valence electrons. The maximum Gasteiger partial charge on any atom is 0.417 e. The van der Waals surface area contributed by atoms with Gasteiger partial charge in [-0.2, -0.15) is 13.2 Å². The van der Waals surface area contributed by atoms with E-state index < -0.39 is 28.5 Å². The van der Waals surface area contributed by atoms with Gasteiger partial charge in [-0.1, -0.05) is 11.6 Å². The molecule has 27 heavy (non-hydrogen) atoms. The first-order valence-electron chi connectivity index (χ1n) is 8.28. The number of aromatic amines is 1. The van der Waals surface area contributed by atoms with Crippen molar-refractivity contribution >= 4 is 23.3 Å². The van der Waals surface area contributed by atoms with Gasteiger partial charge in [-0.3, -0.25) is 0 Å². The summed E-state index contributed by atoms with van der Waals surface area (Å²) >= 11 is 5.71. The van der Waals surface area contributed by atoms with Crippen molar-refractivity contribution in [3.63, 3.8) is 0 Å². The molecule has 2 N–H and O–H groups in total. The molecule has 0 saturated carbocycles. The van der Waals surface area contributed by atoms with Gasteiger partial charge in [-0.05, 0) is 31.0 Å². The molecule has 2 amide bonds. The van der Waals surface area contributed by atoms with Crippen LogP contribution in [0.4, 0.5) is 23.7 Å². The van der Waals surface area contributed by atoms with Crippen LogP contribution in [0.5, 0.6) is 0 Å². The SMILES string of the molecule is O=C(Nc1ccc(C(F)(F)F)c(Cl)c1)N1[C@H]2CC[C@@H]1c1cnc(=O)[nH]c1C2. The van der Waals surface area contributed by atoms with Gasteiger partial charge in [-0.25, -0.2) is 14.6 Å². The Balaban J connectivity index is 1.57. The minimum atomic E-state index is -4.56. The van der Waals surface area contributed by atoms with Crippen molar-refractivity contribution < 1.29 is 18.0 Å². The van der Waals surface area contributed by atoms with Gasteiger partial charge in [0.15, 0.2) is 0 Å². The van der Waals surface area contributed by atoms with Crippen LogP contribution in [-0.4, -0.2) is 26.9 Å². The third kappa shape index (κ3) is 3.16. The lowest BCUT2D eigenvalue weighted by atomic mass is 10.00. The second-order valence-electron chi connectivity index (χ2n) is 6.60. The molecule has 1 aromatic carbocycles. The van der Waals surface area contributed by atoms with Crippen LogP contribution in [0, 0.1) is 0 Å². The van der Waals surface area contributed by atoms with Crippen molar-refractivity contribution in [1.82, 2.24) is 14.9 Å². The van der Waals surface area contributed by atoms with Crippen LogP contribution in [0.2, 0.25) is 5.02 Å². The maximum atomic E-state index is 12.8. The fourth-order valence-corrected chi connectivity index (χ4v) is 4.13. The zero-order valence-electron chi connectivity index (χ0n) is 13.8. The van der Waals surface area contributed by atoms with Crippen molar-refractivity contribution in [3.8, 4) is 0 Å². The fraction of sp³-hybridized carbons (Fsp3) is 0.353. The van der Waals surface area contributed by atoms with E-state index in [9.17, 15) is 22.8 Å². The molecule has 0 aliphatic carbocycles. The molecule has 4 rings (SSSR count). The number of urea groups is 1. The minimum Gasteiger partial charge on any atom is -0.314 e. The molecule has 0 spiro atoms. The van der Waals surface area contributed by atoms with E-state index in [1.54, 1.807) is 4.90 Å². The van der Waals surface area contributed by atoms with Crippen LogP contribution in [-0.2, 0) is 12.6 Å². The lowest BCUT2D eigenvalue weighted by Crippen LogP contribution is -2.45. The number of benzene rings is 1. The van der Waals surface area contributed by atoms with Gasteiger partial charge in [0.05, 0.1) is 16.6 Å². The average Bonchev–Trinajstić information content (AvgIpc) is 2.89. The highest BCUT2D eigenvalue weighted by molar-refractivity contribution is 6.31. The lowest BCUT2D eigenvalue weighted by Gasteiger charge is -2.35. The van der Waals surface area contributed by atoms with Crippen molar-refractivity contribution in [1.29, 1.82) is 0 Å². The minimum absolute atomic E-state index is 0.0922. The van der Waals surface area contributed by atoms with Crippen molar-refractivity contribution in [2.24, 2.45) is 0 Å². The van der Waals surface area contributed by atoms with E-state index in [2.05, 4.69) is 15.3 Å². The number of nitrogens with zero attached hydrogens (tertiary/aromatic N) is 2. The van der Waals surface area contributed by atoms with Gasteiger partial charge in [-0.15, -0.1) is 0 Å². The van der Waals surface area contributed by atoms with E-state index in [0.717, 1.165) is 36.2 Å². The number of nitrogens with one attached hydrogen (secondary N) is 2. The predicted molar refractivity (Wildman–Crippen MR) is 91.6 cm³/mol. The largest absolute Gasteiger partial charge is 0.417 e. The quantitative estimate of drug-likeness (QED) is 0.768. The molecule has 2 aliphatic heterocycles. The van der Waals surface area contributed by atoms with E-state index >= 15 is 0 Å². The van der Waals surface area contributed by atoms with Crippen LogP contribution < -0.4 is 11.0 Å². The standard InChI is InChI=1S/C17H14ClF3N4O2/c18-12-5-8(1-3-11(12)17(19,20)21)23-16(27)25-9-2-4-14(25)10-7-22-15(26)24-13(10)6-9/h1,3,5,7,9,14H,2,4,6H2,(H,23,27)(H,22,24,26)/t9-,14+/m0/s1. The van der Waals surface area contributed by atoms with E-state index in [1.807, 2.05) is 0 Å². The summed E-state index contributed by atoms with van der Waals surface area (Å²) in [7, 11) is 0. The molecule has 1 saturated heterocycles. The van der Waals surface area contributed by atoms with Crippen molar-refractivity contribution in [2.45, 2.75) is 37.5 Å². The number of halogens is 4. The number of fused-ring (bicyclic) bond motifs is 4.